The van der Waals surface area contributed by atoms with Crippen LogP contribution in [0.4, 0.5) is 5.82 Å². The summed E-state index contributed by atoms with van der Waals surface area (Å²) >= 11 is 3.38. The summed E-state index contributed by atoms with van der Waals surface area (Å²) in [4.78, 5) is 20.6. The fourth-order valence-electron chi connectivity index (χ4n) is 2.24. The number of anilines is 1. The van der Waals surface area contributed by atoms with Gasteiger partial charge in [-0.3, -0.25) is 4.79 Å². The molecule has 1 fully saturated rings. The highest BCUT2D eigenvalue weighted by Gasteiger charge is 2.22. The smallest absolute Gasteiger partial charge is 0.224 e. The lowest BCUT2D eigenvalue weighted by atomic mass is 10.1. The molecule has 5 nitrogen and oxygen atoms in total. The number of carbonyl (C=O) groups is 1. The molecule has 0 spiro atoms. The Labute approximate surface area is 128 Å². The molecular weight excluding hydrogens is 320 g/mol. The number of nitrogens with zero attached hydrogens (tertiary/aromatic N) is 3. The average molecular weight is 341 g/mol. The van der Waals surface area contributed by atoms with Crippen molar-refractivity contribution in [3.05, 3.63) is 22.8 Å². The summed E-state index contributed by atoms with van der Waals surface area (Å²) in [5.41, 5.74) is 5.84. The van der Waals surface area contributed by atoms with Crippen molar-refractivity contribution in [2.75, 3.05) is 31.1 Å². The van der Waals surface area contributed by atoms with Crippen LogP contribution in [-0.4, -0.2) is 48.0 Å². The zero-order valence-corrected chi connectivity index (χ0v) is 13.3. The first-order chi connectivity index (χ1) is 9.60. The number of piperazine rings is 1. The van der Waals surface area contributed by atoms with E-state index in [1.807, 2.05) is 24.0 Å². The number of rotatable bonds is 4. The van der Waals surface area contributed by atoms with Crippen molar-refractivity contribution in [1.29, 1.82) is 0 Å². The molecule has 1 amide bonds. The summed E-state index contributed by atoms with van der Waals surface area (Å²) in [5.74, 6) is 1.13. The highest BCUT2D eigenvalue weighted by molar-refractivity contribution is 9.10. The zero-order valence-electron chi connectivity index (χ0n) is 11.8. The Hall–Kier alpha value is -1.14. The van der Waals surface area contributed by atoms with Crippen molar-refractivity contribution in [1.82, 2.24) is 9.88 Å². The quantitative estimate of drug-likeness (QED) is 0.904. The van der Waals surface area contributed by atoms with E-state index in [4.69, 9.17) is 5.73 Å². The predicted molar refractivity (Wildman–Crippen MR) is 83.6 cm³/mol. The van der Waals surface area contributed by atoms with Crippen molar-refractivity contribution < 1.29 is 4.79 Å². The number of hydrogen-bond donors (Lipinski definition) is 1. The third-order valence-corrected chi connectivity index (χ3v) is 4.10. The van der Waals surface area contributed by atoms with Gasteiger partial charge in [-0.1, -0.05) is 6.92 Å². The molecule has 1 unspecified atom stereocenters. The molecule has 110 valence electrons. The number of nitrogens with two attached hydrogens (primary N) is 1. The van der Waals surface area contributed by atoms with Crippen molar-refractivity contribution in [2.45, 2.75) is 25.8 Å². The molecular formula is C14H21BrN4O. The minimum Gasteiger partial charge on any atom is -0.353 e. The minimum atomic E-state index is -0.0198. The monoisotopic (exact) mass is 340 g/mol. The first-order valence-corrected chi connectivity index (χ1v) is 7.79. The minimum absolute atomic E-state index is 0.0198. The van der Waals surface area contributed by atoms with Gasteiger partial charge in [-0.25, -0.2) is 4.98 Å². The fourth-order valence-corrected chi connectivity index (χ4v) is 2.47. The summed E-state index contributed by atoms with van der Waals surface area (Å²) in [5, 5.41) is 0. The third-order valence-electron chi connectivity index (χ3n) is 3.63. The lowest BCUT2D eigenvalue weighted by Crippen LogP contribution is -2.49. The van der Waals surface area contributed by atoms with Gasteiger partial charge in [0.05, 0.1) is 0 Å². The van der Waals surface area contributed by atoms with Crippen LogP contribution in [0, 0.1) is 0 Å². The van der Waals surface area contributed by atoms with Crippen LogP contribution in [0.1, 0.15) is 19.8 Å². The standard InChI is InChI=1S/C14H21BrN4O/c1-2-12(16)9-14(20)19-7-5-18(6-8-19)13-4-3-11(15)10-17-13/h3-4,10,12H,2,5-9,16H2,1H3. The molecule has 1 aromatic heterocycles. The Morgan fingerprint density at radius 2 is 2.10 bits per heavy atom. The molecule has 2 N–H and O–H groups in total. The third kappa shape index (κ3) is 3.93. The van der Waals surface area contributed by atoms with E-state index in [0.29, 0.717) is 6.42 Å². The normalized spacial score (nSPS) is 17.1. The lowest BCUT2D eigenvalue weighted by Gasteiger charge is -2.35. The summed E-state index contributed by atoms with van der Waals surface area (Å²) in [6, 6.07) is 3.96. The molecule has 1 aromatic rings. The van der Waals surface area contributed by atoms with Crippen LogP contribution in [0.15, 0.2) is 22.8 Å². The molecule has 1 aliphatic rings. The van der Waals surface area contributed by atoms with Gasteiger partial charge in [-0.2, -0.15) is 0 Å². The van der Waals surface area contributed by atoms with E-state index in [9.17, 15) is 4.79 Å². The van der Waals surface area contributed by atoms with Crippen molar-refractivity contribution >= 4 is 27.7 Å². The van der Waals surface area contributed by atoms with Crippen LogP contribution in [-0.2, 0) is 4.79 Å². The molecule has 1 aliphatic heterocycles. The maximum Gasteiger partial charge on any atom is 0.224 e. The number of aromatic nitrogens is 1. The van der Waals surface area contributed by atoms with Gasteiger partial charge < -0.3 is 15.5 Å². The Balaban J connectivity index is 1.86. The lowest BCUT2D eigenvalue weighted by molar-refractivity contribution is -0.131. The first kappa shape index (κ1) is 15.3. The molecule has 0 bridgehead atoms. The van der Waals surface area contributed by atoms with E-state index in [1.165, 1.54) is 0 Å². The topological polar surface area (TPSA) is 62.5 Å². The molecule has 20 heavy (non-hydrogen) atoms. The molecule has 6 heteroatoms. The number of pyridine rings is 1. The summed E-state index contributed by atoms with van der Waals surface area (Å²) in [7, 11) is 0. The van der Waals surface area contributed by atoms with E-state index in [0.717, 1.165) is 42.9 Å². The van der Waals surface area contributed by atoms with Gasteiger partial charge in [0.2, 0.25) is 5.91 Å². The van der Waals surface area contributed by atoms with Crippen LogP contribution >= 0.6 is 15.9 Å². The molecule has 2 heterocycles. The number of amides is 1. The van der Waals surface area contributed by atoms with E-state index < -0.39 is 0 Å². The Morgan fingerprint density at radius 1 is 1.40 bits per heavy atom. The van der Waals surface area contributed by atoms with Gasteiger partial charge in [-0.15, -0.1) is 0 Å². The summed E-state index contributed by atoms with van der Waals surface area (Å²) in [6.45, 7) is 5.14. The van der Waals surface area contributed by atoms with Gasteiger partial charge in [0, 0.05) is 49.3 Å². The predicted octanol–water partition coefficient (Wildman–Crippen LogP) is 1.62. The summed E-state index contributed by atoms with van der Waals surface area (Å²) in [6.07, 6.45) is 3.09. The second-order valence-corrected chi connectivity index (χ2v) is 5.99. The second kappa shape index (κ2) is 7.04. The van der Waals surface area contributed by atoms with Gasteiger partial charge >= 0.3 is 0 Å². The largest absolute Gasteiger partial charge is 0.353 e. The van der Waals surface area contributed by atoms with Crippen LogP contribution < -0.4 is 10.6 Å². The van der Waals surface area contributed by atoms with Crippen LogP contribution in [0.3, 0.4) is 0 Å². The van der Waals surface area contributed by atoms with Gasteiger partial charge in [0.25, 0.3) is 0 Å². The van der Waals surface area contributed by atoms with Crippen LogP contribution in [0.2, 0.25) is 0 Å². The van der Waals surface area contributed by atoms with Gasteiger partial charge in [0.15, 0.2) is 0 Å². The highest BCUT2D eigenvalue weighted by atomic mass is 79.9. The zero-order chi connectivity index (χ0) is 14.5. The van der Waals surface area contributed by atoms with Crippen molar-refractivity contribution in [2.24, 2.45) is 5.73 Å². The van der Waals surface area contributed by atoms with Crippen molar-refractivity contribution in [3.63, 3.8) is 0 Å². The number of halogens is 1. The SMILES string of the molecule is CCC(N)CC(=O)N1CCN(c2ccc(Br)cn2)CC1. The molecule has 0 aromatic carbocycles. The Morgan fingerprint density at radius 3 is 2.65 bits per heavy atom. The van der Waals surface area contributed by atoms with E-state index in [2.05, 4.69) is 25.8 Å². The molecule has 0 aliphatic carbocycles. The van der Waals surface area contributed by atoms with Crippen molar-refractivity contribution in [3.8, 4) is 0 Å². The molecule has 2 rings (SSSR count). The molecule has 1 atom stereocenters. The van der Waals surface area contributed by atoms with E-state index >= 15 is 0 Å². The van der Waals surface area contributed by atoms with Gasteiger partial charge in [-0.05, 0) is 34.5 Å². The number of hydrogen-bond acceptors (Lipinski definition) is 4. The molecule has 1 saturated heterocycles. The summed E-state index contributed by atoms with van der Waals surface area (Å²) < 4.78 is 0.976. The average Bonchev–Trinajstić information content (AvgIpc) is 2.48. The van der Waals surface area contributed by atoms with Crippen LogP contribution in [0.25, 0.3) is 0 Å². The maximum absolute atomic E-state index is 12.1. The highest BCUT2D eigenvalue weighted by Crippen LogP contribution is 2.17. The second-order valence-electron chi connectivity index (χ2n) is 5.07. The Bertz CT molecular complexity index is 443. The fraction of sp³-hybridized carbons (Fsp3) is 0.571. The van der Waals surface area contributed by atoms with E-state index in [1.54, 1.807) is 6.20 Å². The van der Waals surface area contributed by atoms with E-state index in [-0.39, 0.29) is 11.9 Å². The maximum atomic E-state index is 12.1. The first-order valence-electron chi connectivity index (χ1n) is 7.00. The Kier molecular flexibility index (Phi) is 5.37. The number of carbonyl (C=O) groups excluding carboxylic acids is 1. The van der Waals surface area contributed by atoms with Crippen LogP contribution in [0.5, 0.6) is 0 Å². The van der Waals surface area contributed by atoms with Gasteiger partial charge in [0.1, 0.15) is 5.82 Å². The molecule has 0 saturated carbocycles. The molecule has 0 radical (unpaired) electrons.